The minimum absolute atomic E-state index is 0. The Bertz CT molecular complexity index is 659. The van der Waals surface area contributed by atoms with E-state index in [0.29, 0.717) is 37.4 Å². The molecule has 1 aliphatic rings. The molecule has 1 atom stereocenters. The number of amides is 1. The van der Waals surface area contributed by atoms with Crippen LogP contribution in [0.15, 0.2) is 29.2 Å². The number of hydrogen-bond donors (Lipinski definition) is 2. The highest BCUT2D eigenvalue weighted by molar-refractivity contribution is 7.89. The smallest absolute Gasteiger partial charge is 0.243 e. The van der Waals surface area contributed by atoms with Crippen molar-refractivity contribution >= 4 is 28.3 Å². The summed E-state index contributed by atoms with van der Waals surface area (Å²) in [6, 6.07) is 7.16. The summed E-state index contributed by atoms with van der Waals surface area (Å²) < 4.78 is 26.8. The molecule has 26 heavy (non-hydrogen) atoms. The van der Waals surface area contributed by atoms with E-state index in [1.54, 1.807) is 28.6 Å². The molecule has 1 amide bonds. The SMILES string of the molecule is CNC(C)CNC(=O)CCc1ccc(S(=O)(=O)N2CCCCC2)cc1.Cl. The van der Waals surface area contributed by atoms with Crippen molar-refractivity contribution in [1.82, 2.24) is 14.9 Å². The first-order valence-corrected chi connectivity index (χ1v) is 10.4. The van der Waals surface area contributed by atoms with Gasteiger partial charge in [0.05, 0.1) is 4.90 Å². The summed E-state index contributed by atoms with van der Waals surface area (Å²) in [6.07, 6.45) is 3.95. The van der Waals surface area contributed by atoms with Crippen molar-refractivity contribution in [2.75, 3.05) is 26.7 Å². The molecule has 1 unspecified atom stereocenters. The summed E-state index contributed by atoms with van der Waals surface area (Å²) >= 11 is 0. The number of nitrogens with one attached hydrogen (secondary N) is 2. The van der Waals surface area contributed by atoms with Gasteiger partial charge >= 0.3 is 0 Å². The minimum atomic E-state index is -3.38. The normalized spacial score (nSPS) is 16.5. The Kier molecular flexibility index (Phi) is 9.57. The lowest BCUT2D eigenvalue weighted by atomic mass is 10.1. The number of sulfonamides is 1. The lowest BCUT2D eigenvalue weighted by Gasteiger charge is -2.25. The topological polar surface area (TPSA) is 78.5 Å². The molecule has 1 aliphatic heterocycles. The molecule has 1 fully saturated rings. The Morgan fingerprint density at radius 1 is 1.15 bits per heavy atom. The molecule has 2 rings (SSSR count). The van der Waals surface area contributed by atoms with Crippen LogP contribution in [0.2, 0.25) is 0 Å². The number of carbonyl (C=O) groups excluding carboxylic acids is 1. The molecule has 0 radical (unpaired) electrons. The van der Waals surface area contributed by atoms with Crippen molar-refractivity contribution in [3.8, 4) is 0 Å². The standard InChI is InChI=1S/C18H29N3O3S.ClH/c1-15(19-2)14-20-18(22)11-8-16-6-9-17(10-7-16)25(23,24)21-12-4-3-5-13-21;/h6-7,9-10,15,19H,3-5,8,11-14H2,1-2H3,(H,20,22);1H. The molecule has 8 heteroatoms. The third-order valence-electron chi connectivity index (χ3n) is 4.62. The van der Waals surface area contributed by atoms with Gasteiger partial charge in [-0.05, 0) is 50.9 Å². The third kappa shape index (κ3) is 6.54. The number of hydrogen-bond acceptors (Lipinski definition) is 4. The number of rotatable bonds is 8. The average Bonchev–Trinajstić information content (AvgIpc) is 2.65. The number of benzene rings is 1. The van der Waals surface area contributed by atoms with Crippen LogP contribution in [-0.2, 0) is 21.2 Å². The van der Waals surface area contributed by atoms with Crippen LogP contribution in [0.25, 0.3) is 0 Å². The maximum absolute atomic E-state index is 12.6. The number of halogens is 1. The quantitative estimate of drug-likeness (QED) is 0.695. The van der Waals surface area contributed by atoms with Gasteiger partial charge in [-0.1, -0.05) is 18.6 Å². The van der Waals surface area contributed by atoms with Crippen molar-refractivity contribution in [3.05, 3.63) is 29.8 Å². The molecule has 0 bridgehead atoms. The van der Waals surface area contributed by atoms with E-state index in [0.717, 1.165) is 24.8 Å². The van der Waals surface area contributed by atoms with Crippen LogP contribution >= 0.6 is 12.4 Å². The first-order chi connectivity index (χ1) is 11.9. The van der Waals surface area contributed by atoms with E-state index in [9.17, 15) is 13.2 Å². The third-order valence-corrected chi connectivity index (χ3v) is 6.53. The van der Waals surface area contributed by atoms with Gasteiger partial charge in [0.1, 0.15) is 0 Å². The molecule has 1 aromatic carbocycles. The summed E-state index contributed by atoms with van der Waals surface area (Å²) in [5.74, 6) is 0.00659. The largest absolute Gasteiger partial charge is 0.355 e. The van der Waals surface area contributed by atoms with Gasteiger partial charge in [0.25, 0.3) is 0 Å². The molecule has 1 saturated heterocycles. The molecule has 148 valence electrons. The molecular weight excluding hydrogens is 374 g/mol. The van der Waals surface area contributed by atoms with Crippen LogP contribution in [0, 0.1) is 0 Å². The fraction of sp³-hybridized carbons (Fsp3) is 0.611. The van der Waals surface area contributed by atoms with E-state index in [4.69, 9.17) is 0 Å². The van der Waals surface area contributed by atoms with Gasteiger partial charge in [0.2, 0.25) is 15.9 Å². The number of aryl methyl sites for hydroxylation is 1. The van der Waals surface area contributed by atoms with Crippen LogP contribution in [-0.4, -0.2) is 51.4 Å². The molecule has 6 nitrogen and oxygen atoms in total. The number of piperidine rings is 1. The Hall–Kier alpha value is -1.15. The maximum Gasteiger partial charge on any atom is 0.243 e. The molecule has 0 aliphatic carbocycles. The lowest BCUT2D eigenvalue weighted by Crippen LogP contribution is -2.37. The van der Waals surface area contributed by atoms with Crippen LogP contribution in [0.5, 0.6) is 0 Å². The van der Waals surface area contributed by atoms with Gasteiger partial charge in [0, 0.05) is 32.1 Å². The van der Waals surface area contributed by atoms with Crippen LogP contribution in [0.3, 0.4) is 0 Å². The Balaban J connectivity index is 0.00000338. The van der Waals surface area contributed by atoms with Crippen LogP contribution in [0.1, 0.15) is 38.2 Å². The summed E-state index contributed by atoms with van der Waals surface area (Å²) in [5, 5.41) is 5.94. The van der Waals surface area contributed by atoms with Crippen LogP contribution < -0.4 is 10.6 Å². The Labute approximate surface area is 163 Å². The molecular formula is C18H30ClN3O3S. The summed E-state index contributed by atoms with van der Waals surface area (Å²) in [5.41, 5.74) is 0.967. The fourth-order valence-electron chi connectivity index (χ4n) is 2.80. The van der Waals surface area contributed by atoms with Gasteiger partial charge in [0.15, 0.2) is 0 Å². The zero-order valence-electron chi connectivity index (χ0n) is 15.5. The molecule has 1 aromatic rings. The maximum atomic E-state index is 12.6. The monoisotopic (exact) mass is 403 g/mol. The van der Waals surface area contributed by atoms with E-state index in [1.165, 1.54) is 0 Å². The molecule has 0 saturated carbocycles. The Morgan fingerprint density at radius 2 is 1.77 bits per heavy atom. The molecule has 0 spiro atoms. The number of nitrogens with zero attached hydrogens (tertiary/aromatic N) is 1. The van der Waals surface area contributed by atoms with Crippen molar-refractivity contribution in [3.63, 3.8) is 0 Å². The summed E-state index contributed by atoms with van der Waals surface area (Å²) in [4.78, 5) is 12.2. The van der Waals surface area contributed by atoms with Gasteiger partial charge in [-0.2, -0.15) is 4.31 Å². The summed E-state index contributed by atoms with van der Waals surface area (Å²) in [7, 11) is -1.53. The van der Waals surface area contributed by atoms with Crippen molar-refractivity contribution in [1.29, 1.82) is 0 Å². The zero-order valence-corrected chi connectivity index (χ0v) is 17.2. The number of likely N-dealkylation sites (N-methyl/N-ethyl adjacent to an activating group) is 1. The van der Waals surface area contributed by atoms with Gasteiger partial charge < -0.3 is 10.6 Å². The minimum Gasteiger partial charge on any atom is -0.355 e. The highest BCUT2D eigenvalue weighted by Crippen LogP contribution is 2.21. The molecule has 1 heterocycles. The number of carbonyl (C=O) groups is 1. The second-order valence-corrected chi connectivity index (χ2v) is 8.54. The second-order valence-electron chi connectivity index (χ2n) is 6.60. The van der Waals surface area contributed by atoms with E-state index in [1.807, 2.05) is 14.0 Å². The first kappa shape index (κ1) is 22.9. The van der Waals surface area contributed by atoms with Gasteiger partial charge in [-0.15, -0.1) is 12.4 Å². The average molecular weight is 404 g/mol. The van der Waals surface area contributed by atoms with Gasteiger partial charge in [-0.3, -0.25) is 4.79 Å². The fourth-order valence-corrected chi connectivity index (χ4v) is 4.31. The highest BCUT2D eigenvalue weighted by Gasteiger charge is 2.25. The van der Waals surface area contributed by atoms with E-state index < -0.39 is 10.0 Å². The van der Waals surface area contributed by atoms with E-state index >= 15 is 0 Å². The van der Waals surface area contributed by atoms with Gasteiger partial charge in [-0.25, -0.2) is 8.42 Å². The second kappa shape index (κ2) is 10.9. The molecule has 2 N–H and O–H groups in total. The highest BCUT2D eigenvalue weighted by atomic mass is 35.5. The first-order valence-electron chi connectivity index (χ1n) is 8.96. The van der Waals surface area contributed by atoms with Crippen molar-refractivity contribution in [2.45, 2.75) is 50.0 Å². The summed E-state index contributed by atoms with van der Waals surface area (Å²) in [6.45, 7) is 3.81. The van der Waals surface area contributed by atoms with Crippen LogP contribution in [0.4, 0.5) is 0 Å². The van der Waals surface area contributed by atoms with Crippen molar-refractivity contribution in [2.24, 2.45) is 0 Å². The van der Waals surface area contributed by atoms with Crippen molar-refractivity contribution < 1.29 is 13.2 Å². The lowest BCUT2D eigenvalue weighted by molar-refractivity contribution is -0.121. The predicted molar refractivity (Wildman–Crippen MR) is 106 cm³/mol. The van der Waals surface area contributed by atoms with E-state index in [2.05, 4.69) is 10.6 Å². The Morgan fingerprint density at radius 3 is 2.35 bits per heavy atom. The predicted octanol–water partition coefficient (Wildman–Crippen LogP) is 1.94. The molecule has 0 aromatic heterocycles. The zero-order chi connectivity index (χ0) is 18.3. The van der Waals surface area contributed by atoms with E-state index in [-0.39, 0.29) is 24.4 Å².